The zero-order valence-electron chi connectivity index (χ0n) is 6.86. The molecule has 0 aromatic rings. The standard InChI is InChI=1S/C9H12O3/c10-7-2-8-9-5(1-6(7)9)3-11-4-12-8/h5-6,8-9H,1-4H2. The molecule has 1 saturated heterocycles. The van der Waals surface area contributed by atoms with Crippen LogP contribution in [0.25, 0.3) is 0 Å². The lowest BCUT2D eigenvalue weighted by molar-refractivity contribution is -0.126. The highest BCUT2D eigenvalue weighted by Gasteiger charge is 2.55. The fraction of sp³-hybridized carbons (Fsp3) is 0.889. The van der Waals surface area contributed by atoms with Gasteiger partial charge in [0.15, 0.2) is 0 Å². The molecule has 0 N–H and O–H groups in total. The molecule has 0 amide bonds. The Morgan fingerprint density at radius 2 is 2.33 bits per heavy atom. The minimum Gasteiger partial charge on any atom is -0.355 e. The number of ether oxygens (including phenoxy) is 2. The summed E-state index contributed by atoms with van der Waals surface area (Å²) in [5.41, 5.74) is 0. The second-order valence-corrected chi connectivity index (χ2v) is 4.04. The van der Waals surface area contributed by atoms with Crippen molar-refractivity contribution in [1.82, 2.24) is 0 Å². The lowest BCUT2D eigenvalue weighted by atomic mass is 9.66. The quantitative estimate of drug-likeness (QED) is 0.531. The summed E-state index contributed by atoms with van der Waals surface area (Å²) < 4.78 is 10.7. The first-order valence-corrected chi connectivity index (χ1v) is 4.58. The fourth-order valence-electron chi connectivity index (χ4n) is 2.85. The normalized spacial score (nSPS) is 51.2. The largest absolute Gasteiger partial charge is 0.355 e. The van der Waals surface area contributed by atoms with E-state index in [1.54, 1.807) is 0 Å². The Labute approximate surface area is 71.0 Å². The molecule has 1 heterocycles. The van der Waals surface area contributed by atoms with Crippen LogP contribution in [-0.4, -0.2) is 25.3 Å². The molecule has 2 saturated carbocycles. The van der Waals surface area contributed by atoms with Crippen molar-refractivity contribution in [2.24, 2.45) is 17.8 Å². The Morgan fingerprint density at radius 3 is 3.25 bits per heavy atom. The molecule has 0 aromatic heterocycles. The molecule has 0 bridgehead atoms. The van der Waals surface area contributed by atoms with Gasteiger partial charge in [-0.2, -0.15) is 0 Å². The van der Waals surface area contributed by atoms with E-state index < -0.39 is 0 Å². The first kappa shape index (κ1) is 7.04. The van der Waals surface area contributed by atoms with Crippen LogP contribution in [0.15, 0.2) is 0 Å². The number of Topliss-reactive ketones (excluding diaryl/α,β-unsaturated/α-hetero) is 1. The van der Waals surface area contributed by atoms with Gasteiger partial charge in [-0.3, -0.25) is 4.79 Å². The second-order valence-electron chi connectivity index (χ2n) is 4.04. The Balaban J connectivity index is 1.87. The van der Waals surface area contributed by atoms with Gasteiger partial charge in [-0.1, -0.05) is 0 Å². The van der Waals surface area contributed by atoms with E-state index in [-0.39, 0.29) is 6.10 Å². The molecule has 4 atom stereocenters. The molecular formula is C9H12O3. The van der Waals surface area contributed by atoms with E-state index in [1.807, 2.05) is 0 Å². The number of hydrogen-bond donors (Lipinski definition) is 0. The minimum absolute atomic E-state index is 0.184. The lowest BCUT2D eigenvalue weighted by Crippen LogP contribution is -2.41. The van der Waals surface area contributed by atoms with Crippen molar-refractivity contribution in [1.29, 1.82) is 0 Å². The summed E-state index contributed by atoms with van der Waals surface area (Å²) in [7, 11) is 0. The van der Waals surface area contributed by atoms with Gasteiger partial charge in [-0.05, 0) is 12.3 Å². The number of carbonyl (C=O) groups is 1. The second kappa shape index (κ2) is 2.30. The van der Waals surface area contributed by atoms with E-state index in [9.17, 15) is 4.79 Å². The van der Waals surface area contributed by atoms with Gasteiger partial charge in [-0.15, -0.1) is 0 Å². The lowest BCUT2D eigenvalue weighted by Gasteiger charge is -2.39. The Hall–Kier alpha value is -0.410. The van der Waals surface area contributed by atoms with E-state index in [4.69, 9.17) is 9.47 Å². The van der Waals surface area contributed by atoms with Crippen LogP contribution in [0.5, 0.6) is 0 Å². The Morgan fingerprint density at radius 1 is 1.42 bits per heavy atom. The van der Waals surface area contributed by atoms with Crippen LogP contribution in [0, 0.1) is 17.8 Å². The first-order valence-electron chi connectivity index (χ1n) is 4.58. The molecule has 3 rings (SSSR count). The first-order chi connectivity index (χ1) is 5.86. The molecule has 0 aromatic carbocycles. The smallest absolute Gasteiger partial charge is 0.147 e. The van der Waals surface area contributed by atoms with E-state index >= 15 is 0 Å². The molecule has 0 radical (unpaired) electrons. The van der Waals surface area contributed by atoms with Crippen molar-refractivity contribution in [3.8, 4) is 0 Å². The highest BCUT2D eigenvalue weighted by atomic mass is 16.7. The van der Waals surface area contributed by atoms with Crippen LogP contribution in [-0.2, 0) is 14.3 Å². The highest BCUT2D eigenvalue weighted by Crippen LogP contribution is 2.51. The van der Waals surface area contributed by atoms with Crippen molar-refractivity contribution in [2.45, 2.75) is 18.9 Å². The van der Waals surface area contributed by atoms with Gasteiger partial charge in [0.25, 0.3) is 0 Å². The van der Waals surface area contributed by atoms with E-state index in [0.717, 1.165) is 13.0 Å². The molecular weight excluding hydrogens is 156 g/mol. The third-order valence-electron chi connectivity index (χ3n) is 3.51. The zero-order chi connectivity index (χ0) is 8.13. The third-order valence-corrected chi connectivity index (χ3v) is 3.51. The van der Waals surface area contributed by atoms with Crippen LogP contribution in [0.2, 0.25) is 0 Å². The van der Waals surface area contributed by atoms with Gasteiger partial charge in [-0.25, -0.2) is 0 Å². The maximum absolute atomic E-state index is 11.4. The number of hydrogen-bond acceptors (Lipinski definition) is 3. The van der Waals surface area contributed by atoms with Gasteiger partial charge >= 0.3 is 0 Å². The van der Waals surface area contributed by atoms with E-state index in [0.29, 0.717) is 36.8 Å². The number of rotatable bonds is 0. The SMILES string of the molecule is O=C1CC2OCOCC3CC1C32. The number of carbonyl (C=O) groups excluding carboxylic acids is 1. The molecule has 12 heavy (non-hydrogen) atoms. The van der Waals surface area contributed by atoms with Crippen LogP contribution >= 0.6 is 0 Å². The maximum atomic E-state index is 11.4. The van der Waals surface area contributed by atoms with Crippen LogP contribution < -0.4 is 0 Å². The van der Waals surface area contributed by atoms with Gasteiger partial charge in [0, 0.05) is 18.3 Å². The summed E-state index contributed by atoms with van der Waals surface area (Å²) in [5, 5.41) is 0. The van der Waals surface area contributed by atoms with Gasteiger partial charge in [0.05, 0.1) is 12.7 Å². The average Bonchev–Trinajstić information content (AvgIpc) is 2.12. The summed E-state index contributed by atoms with van der Waals surface area (Å²) in [5.74, 6) is 1.85. The van der Waals surface area contributed by atoms with Gasteiger partial charge < -0.3 is 9.47 Å². The van der Waals surface area contributed by atoms with Crippen molar-refractivity contribution in [3.63, 3.8) is 0 Å². The average molecular weight is 168 g/mol. The van der Waals surface area contributed by atoms with Gasteiger partial charge in [0.1, 0.15) is 12.6 Å². The van der Waals surface area contributed by atoms with Crippen LogP contribution in [0.3, 0.4) is 0 Å². The summed E-state index contributed by atoms with van der Waals surface area (Å²) >= 11 is 0. The molecule has 3 nitrogen and oxygen atoms in total. The maximum Gasteiger partial charge on any atom is 0.147 e. The van der Waals surface area contributed by atoms with Crippen LogP contribution in [0.4, 0.5) is 0 Å². The van der Waals surface area contributed by atoms with E-state index in [2.05, 4.69) is 0 Å². The van der Waals surface area contributed by atoms with Crippen molar-refractivity contribution in [3.05, 3.63) is 0 Å². The monoisotopic (exact) mass is 168 g/mol. The molecule has 1 aliphatic heterocycles. The molecule has 2 aliphatic carbocycles. The van der Waals surface area contributed by atoms with Gasteiger partial charge in [0.2, 0.25) is 0 Å². The minimum atomic E-state index is 0.184. The fourth-order valence-corrected chi connectivity index (χ4v) is 2.85. The summed E-state index contributed by atoms with van der Waals surface area (Å²) in [6.07, 6.45) is 1.86. The van der Waals surface area contributed by atoms with Crippen molar-refractivity contribution >= 4 is 5.78 Å². The predicted molar refractivity (Wildman–Crippen MR) is 40.4 cm³/mol. The summed E-state index contributed by atoms with van der Waals surface area (Å²) in [4.78, 5) is 11.4. The van der Waals surface area contributed by atoms with Crippen molar-refractivity contribution in [2.75, 3.05) is 13.4 Å². The molecule has 3 heteroatoms. The third kappa shape index (κ3) is 0.756. The Kier molecular flexibility index (Phi) is 1.35. The molecule has 66 valence electrons. The van der Waals surface area contributed by atoms with E-state index in [1.165, 1.54) is 0 Å². The summed E-state index contributed by atoms with van der Waals surface area (Å²) in [6.45, 7) is 1.18. The molecule has 0 spiro atoms. The Bertz CT molecular complexity index is 226. The predicted octanol–water partition coefficient (Wildman–Crippen LogP) is 0.584. The molecule has 3 fully saturated rings. The summed E-state index contributed by atoms with van der Waals surface area (Å²) in [6, 6.07) is 0. The number of ketones is 1. The topological polar surface area (TPSA) is 35.5 Å². The van der Waals surface area contributed by atoms with Crippen LogP contribution in [0.1, 0.15) is 12.8 Å². The molecule has 4 unspecified atom stereocenters. The molecule has 3 aliphatic rings. The van der Waals surface area contributed by atoms with Crippen molar-refractivity contribution < 1.29 is 14.3 Å². The zero-order valence-corrected chi connectivity index (χ0v) is 6.86. The highest BCUT2D eigenvalue weighted by molar-refractivity contribution is 5.85.